The Balaban J connectivity index is 1.75. The molecule has 0 saturated carbocycles. The second-order valence-corrected chi connectivity index (χ2v) is 5.24. The van der Waals surface area contributed by atoms with Crippen LogP contribution in [0.4, 0.5) is 16.0 Å². The SMILES string of the molecule is O=C(Nc1cc(N2CCCCC2)ncn1)c1ccccc1F. The maximum absolute atomic E-state index is 13.6. The molecule has 1 aromatic carbocycles. The van der Waals surface area contributed by atoms with Crippen LogP contribution < -0.4 is 10.2 Å². The van der Waals surface area contributed by atoms with Crippen LogP contribution >= 0.6 is 0 Å². The van der Waals surface area contributed by atoms with Gasteiger partial charge in [-0.2, -0.15) is 0 Å². The first kappa shape index (κ1) is 14.4. The third kappa shape index (κ3) is 3.21. The number of rotatable bonds is 3. The monoisotopic (exact) mass is 300 g/mol. The molecule has 2 heterocycles. The van der Waals surface area contributed by atoms with Gasteiger partial charge in [0.1, 0.15) is 23.8 Å². The van der Waals surface area contributed by atoms with E-state index in [0.29, 0.717) is 5.82 Å². The van der Waals surface area contributed by atoms with E-state index >= 15 is 0 Å². The molecule has 0 bridgehead atoms. The van der Waals surface area contributed by atoms with Crippen LogP contribution in [0.25, 0.3) is 0 Å². The number of aromatic nitrogens is 2. The van der Waals surface area contributed by atoms with Gasteiger partial charge in [0.2, 0.25) is 0 Å². The predicted octanol–water partition coefficient (Wildman–Crippen LogP) is 2.86. The number of nitrogens with zero attached hydrogens (tertiary/aromatic N) is 3. The molecule has 22 heavy (non-hydrogen) atoms. The molecule has 1 aliphatic heterocycles. The Hall–Kier alpha value is -2.50. The van der Waals surface area contributed by atoms with Crippen molar-refractivity contribution in [2.24, 2.45) is 0 Å². The molecule has 0 unspecified atom stereocenters. The Bertz CT molecular complexity index is 671. The van der Waals surface area contributed by atoms with Crippen molar-refractivity contribution in [1.29, 1.82) is 0 Å². The minimum absolute atomic E-state index is 0.000588. The number of nitrogens with one attached hydrogen (secondary N) is 1. The Morgan fingerprint density at radius 3 is 2.68 bits per heavy atom. The van der Waals surface area contributed by atoms with Gasteiger partial charge >= 0.3 is 0 Å². The van der Waals surface area contributed by atoms with Crippen molar-refractivity contribution < 1.29 is 9.18 Å². The average Bonchev–Trinajstić information content (AvgIpc) is 2.56. The zero-order valence-electron chi connectivity index (χ0n) is 12.1. The lowest BCUT2D eigenvalue weighted by Gasteiger charge is -2.27. The van der Waals surface area contributed by atoms with Crippen molar-refractivity contribution >= 4 is 17.5 Å². The fourth-order valence-corrected chi connectivity index (χ4v) is 2.54. The highest BCUT2D eigenvalue weighted by Gasteiger charge is 2.15. The molecule has 0 aliphatic carbocycles. The van der Waals surface area contributed by atoms with Gasteiger partial charge in [0, 0.05) is 19.2 Å². The fraction of sp³-hybridized carbons (Fsp3) is 0.312. The van der Waals surface area contributed by atoms with E-state index in [4.69, 9.17) is 0 Å². The van der Waals surface area contributed by atoms with Crippen molar-refractivity contribution in [3.8, 4) is 0 Å². The minimum atomic E-state index is -0.551. The largest absolute Gasteiger partial charge is 0.356 e. The van der Waals surface area contributed by atoms with Gasteiger partial charge < -0.3 is 10.2 Å². The number of anilines is 2. The van der Waals surface area contributed by atoms with Crippen molar-refractivity contribution in [2.75, 3.05) is 23.3 Å². The maximum atomic E-state index is 13.6. The highest BCUT2D eigenvalue weighted by molar-refractivity contribution is 6.04. The summed E-state index contributed by atoms with van der Waals surface area (Å²) in [7, 11) is 0. The summed E-state index contributed by atoms with van der Waals surface area (Å²) >= 11 is 0. The molecule has 6 heteroatoms. The van der Waals surface area contributed by atoms with E-state index < -0.39 is 11.7 Å². The van der Waals surface area contributed by atoms with Gasteiger partial charge in [0.25, 0.3) is 5.91 Å². The lowest BCUT2D eigenvalue weighted by molar-refractivity contribution is 0.102. The van der Waals surface area contributed by atoms with E-state index in [9.17, 15) is 9.18 Å². The molecular formula is C16H17FN4O. The second kappa shape index (κ2) is 6.51. The summed E-state index contributed by atoms with van der Waals surface area (Å²) in [6.45, 7) is 1.91. The molecular weight excluding hydrogens is 283 g/mol. The molecule has 1 amide bonds. The van der Waals surface area contributed by atoms with Crippen LogP contribution in [-0.4, -0.2) is 29.0 Å². The van der Waals surface area contributed by atoms with Gasteiger partial charge in [-0.1, -0.05) is 12.1 Å². The summed E-state index contributed by atoms with van der Waals surface area (Å²) in [5, 5.41) is 2.62. The molecule has 2 aromatic rings. The number of amides is 1. The Morgan fingerprint density at radius 1 is 1.14 bits per heavy atom. The molecule has 1 aromatic heterocycles. The normalized spacial score (nSPS) is 14.7. The lowest BCUT2D eigenvalue weighted by atomic mass is 10.1. The van der Waals surface area contributed by atoms with Gasteiger partial charge in [0.05, 0.1) is 5.56 Å². The van der Waals surface area contributed by atoms with Crippen molar-refractivity contribution in [3.63, 3.8) is 0 Å². The number of carbonyl (C=O) groups is 1. The first-order valence-corrected chi connectivity index (χ1v) is 7.37. The average molecular weight is 300 g/mol. The summed E-state index contributed by atoms with van der Waals surface area (Å²) in [6, 6.07) is 7.60. The number of carbonyl (C=O) groups excluding carboxylic acids is 1. The van der Waals surface area contributed by atoms with E-state index in [1.165, 1.54) is 24.9 Å². The van der Waals surface area contributed by atoms with Crippen LogP contribution in [0.3, 0.4) is 0 Å². The standard InChI is InChI=1S/C16H17FN4O/c17-13-7-3-2-6-12(13)16(22)20-14-10-15(19-11-18-14)21-8-4-1-5-9-21/h2-3,6-7,10-11H,1,4-5,8-9H2,(H,18,19,20,22). The Labute approximate surface area is 128 Å². The molecule has 1 saturated heterocycles. The van der Waals surface area contributed by atoms with E-state index in [0.717, 1.165) is 31.7 Å². The van der Waals surface area contributed by atoms with Crippen LogP contribution in [-0.2, 0) is 0 Å². The number of hydrogen-bond acceptors (Lipinski definition) is 4. The van der Waals surface area contributed by atoms with Gasteiger partial charge in [-0.05, 0) is 31.4 Å². The van der Waals surface area contributed by atoms with E-state index in [2.05, 4.69) is 20.2 Å². The number of benzene rings is 1. The summed E-state index contributed by atoms with van der Waals surface area (Å²) in [6.07, 6.45) is 4.93. The smallest absolute Gasteiger partial charge is 0.259 e. The number of piperidine rings is 1. The fourth-order valence-electron chi connectivity index (χ4n) is 2.54. The number of halogens is 1. The Morgan fingerprint density at radius 2 is 1.91 bits per heavy atom. The molecule has 1 aliphatic rings. The summed E-state index contributed by atoms with van der Waals surface area (Å²) in [5.41, 5.74) is 0.000588. The summed E-state index contributed by atoms with van der Waals surface area (Å²) in [5.74, 6) is 0.106. The molecule has 0 radical (unpaired) electrons. The first-order valence-electron chi connectivity index (χ1n) is 7.37. The van der Waals surface area contributed by atoms with Gasteiger partial charge in [-0.3, -0.25) is 4.79 Å². The third-order valence-corrected chi connectivity index (χ3v) is 3.69. The number of hydrogen-bond donors (Lipinski definition) is 1. The van der Waals surface area contributed by atoms with E-state index in [-0.39, 0.29) is 5.56 Å². The molecule has 1 N–H and O–H groups in total. The van der Waals surface area contributed by atoms with Crippen LogP contribution in [0.5, 0.6) is 0 Å². The quantitative estimate of drug-likeness (QED) is 0.947. The van der Waals surface area contributed by atoms with Crippen LogP contribution in [0.2, 0.25) is 0 Å². The van der Waals surface area contributed by atoms with Gasteiger partial charge in [-0.15, -0.1) is 0 Å². The first-order chi connectivity index (χ1) is 10.7. The van der Waals surface area contributed by atoms with Gasteiger partial charge in [-0.25, -0.2) is 14.4 Å². The van der Waals surface area contributed by atoms with Gasteiger partial charge in [0.15, 0.2) is 0 Å². The molecule has 1 fully saturated rings. The van der Waals surface area contributed by atoms with Crippen molar-refractivity contribution in [1.82, 2.24) is 9.97 Å². The highest BCUT2D eigenvalue weighted by atomic mass is 19.1. The summed E-state index contributed by atoms with van der Waals surface area (Å²) < 4.78 is 13.6. The zero-order chi connectivity index (χ0) is 15.4. The van der Waals surface area contributed by atoms with Crippen molar-refractivity contribution in [2.45, 2.75) is 19.3 Å². The molecule has 0 spiro atoms. The topological polar surface area (TPSA) is 58.1 Å². The molecule has 5 nitrogen and oxygen atoms in total. The predicted molar refractivity (Wildman–Crippen MR) is 82.4 cm³/mol. The molecule has 0 atom stereocenters. The van der Waals surface area contributed by atoms with Crippen molar-refractivity contribution in [3.05, 3.63) is 48.0 Å². The summed E-state index contributed by atoms with van der Waals surface area (Å²) in [4.78, 5) is 22.6. The van der Waals surface area contributed by atoms with Crippen LogP contribution in [0, 0.1) is 5.82 Å². The lowest BCUT2D eigenvalue weighted by Crippen LogP contribution is -2.30. The second-order valence-electron chi connectivity index (χ2n) is 5.24. The zero-order valence-corrected chi connectivity index (χ0v) is 12.1. The maximum Gasteiger partial charge on any atom is 0.259 e. The van der Waals surface area contributed by atoms with E-state index in [1.807, 2.05) is 0 Å². The van der Waals surface area contributed by atoms with Crippen LogP contribution in [0.1, 0.15) is 29.6 Å². The highest BCUT2D eigenvalue weighted by Crippen LogP contribution is 2.19. The Kier molecular flexibility index (Phi) is 4.27. The minimum Gasteiger partial charge on any atom is -0.356 e. The molecule has 114 valence electrons. The third-order valence-electron chi connectivity index (χ3n) is 3.69. The van der Waals surface area contributed by atoms with Crippen LogP contribution in [0.15, 0.2) is 36.7 Å². The molecule has 3 rings (SSSR count). The van der Waals surface area contributed by atoms with E-state index in [1.54, 1.807) is 18.2 Å².